The van der Waals surface area contributed by atoms with Crippen LogP contribution in [0.5, 0.6) is 0 Å². The van der Waals surface area contributed by atoms with Gasteiger partial charge in [-0.05, 0) is 42.4 Å². The standard InChI is InChI=1S/C11H20/c1-8(2)11-5-4-9(3)6-10(11)7-11/h8-10H,4-7H2,1-3H3/t9-,10+,11-/m1/s1. The molecule has 2 aliphatic carbocycles. The van der Waals surface area contributed by atoms with Crippen LogP contribution in [0.15, 0.2) is 0 Å². The first-order valence-electron chi connectivity index (χ1n) is 5.15. The molecule has 0 aliphatic heterocycles. The predicted octanol–water partition coefficient (Wildman–Crippen LogP) is 3.47. The molecule has 64 valence electrons. The third-order valence-electron chi connectivity index (χ3n) is 4.22. The molecule has 0 aromatic rings. The fraction of sp³-hybridized carbons (Fsp3) is 1.00. The highest BCUT2D eigenvalue weighted by Gasteiger charge is 2.57. The third-order valence-corrected chi connectivity index (χ3v) is 4.22. The Balaban J connectivity index is 2.02. The minimum absolute atomic E-state index is 0.826. The molecule has 2 aliphatic rings. The number of fused-ring (bicyclic) bond motifs is 1. The molecule has 0 aromatic heterocycles. The van der Waals surface area contributed by atoms with E-state index in [0.717, 1.165) is 23.2 Å². The van der Waals surface area contributed by atoms with Crippen LogP contribution in [-0.4, -0.2) is 0 Å². The molecule has 0 saturated heterocycles. The lowest BCUT2D eigenvalue weighted by Gasteiger charge is -2.29. The fourth-order valence-electron chi connectivity index (χ4n) is 3.14. The largest absolute Gasteiger partial charge is 0.0625 e. The SMILES string of the molecule is CC(C)[C@]12CC[C@@H](C)C[C@H]1C2. The average molecular weight is 152 g/mol. The molecule has 11 heavy (non-hydrogen) atoms. The first kappa shape index (κ1) is 7.64. The summed E-state index contributed by atoms with van der Waals surface area (Å²) < 4.78 is 0. The van der Waals surface area contributed by atoms with Crippen molar-refractivity contribution in [2.45, 2.75) is 46.5 Å². The Morgan fingerprint density at radius 1 is 1.36 bits per heavy atom. The molecule has 0 radical (unpaired) electrons. The zero-order valence-corrected chi connectivity index (χ0v) is 8.06. The van der Waals surface area contributed by atoms with Gasteiger partial charge in [0.25, 0.3) is 0 Å². The van der Waals surface area contributed by atoms with Crippen molar-refractivity contribution in [2.24, 2.45) is 23.2 Å². The lowest BCUT2D eigenvalue weighted by atomic mass is 9.77. The van der Waals surface area contributed by atoms with E-state index in [4.69, 9.17) is 0 Å². The fourth-order valence-corrected chi connectivity index (χ4v) is 3.14. The van der Waals surface area contributed by atoms with Gasteiger partial charge in [-0.25, -0.2) is 0 Å². The van der Waals surface area contributed by atoms with Gasteiger partial charge in [0.1, 0.15) is 0 Å². The summed E-state index contributed by atoms with van der Waals surface area (Å²) in [6.45, 7) is 7.24. The van der Waals surface area contributed by atoms with E-state index >= 15 is 0 Å². The zero-order valence-electron chi connectivity index (χ0n) is 8.06. The summed E-state index contributed by atoms with van der Waals surface area (Å²) in [6, 6.07) is 0. The molecule has 0 heteroatoms. The van der Waals surface area contributed by atoms with Crippen LogP contribution in [0.25, 0.3) is 0 Å². The number of hydrogen-bond acceptors (Lipinski definition) is 0. The van der Waals surface area contributed by atoms with Crippen molar-refractivity contribution in [3.05, 3.63) is 0 Å². The molecule has 2 saturated carbocycles. The monoisotopic (exact) mass is 152 g/mol. The molecule has 2 fully saturated rings. The highest BCUT2D eigenvalue weighted by molar-refractivity contribution is 5.06. The maximum atomic E-state index is 2.42. The van der Waals surface area contributed by atoms with Gasteiger partial charge in [-0.3, -0.25) is 0 Å². The molecule has 0 nitrogen and oxygen atoms in total. The summed E-state index contributed by atoms with van der Waals surface area (Å²) in [7, 11) is 0. The van der Waals surface area contributed by atoms with Gasteiger partial charge in [-0.15, -0.1) is 0 Å². The van der Waals surface area contributed by atoms with E-state index in [1.165, 1.54) is 19.3 Å². The molecule has 0 bridgehead atoms. The maximum absolute atomic E-state index is 2.42. The molecule has 0 aromatic carbocycles. The van der Waals surface area contributed by atoms with Crippen molar-refractivity contribution in [3.63, 3.8) is 0 Å². The Kier molecular flexibility index (Phi) is 1.56. The number of hydrogen-bond donors (Lipinski definition) is 0. The summed E-state index contributed by atoms with van der Waals surface area (Å²) in [4.78, 5) is 0. The lowest BCUT2D eigenvalue weighted by Crippen LogP contribution is -2.19. The van der Waals surface area contributed by atoms with E-state index in [1.807, 2.05) is 0 Å². The van der Waals surface area contributed by atoms with Crippen molar-refractivity contribution in [2.75, 3.05) is 0 Å². The van der Waals surface area contributed by atoms with Gasteiger partial charge in [0, 0.05) is 0 Å². The van der Waals surface area contributed by atoms with Crippen LogP contribution in [0.1, 0.15) is 46.5 Å². The van der Waals surface area contributed by atoms with Crippen LogP contribution in [-0.2, 0) is 0 Å². The Bertz CT molecular complexity index is 159. The van der Waals surface area contributed by atoms with Crippen molar-refractivity contribution in [3.8, 4) is 0 Å². The first-order valence-corrected chi connectivity index (χ1v) is 5.15. The minimum atomic E-state index is 0.826. The Hall–Kier alpha value is 0. The number of rotatable bonds is 1. The van der Waals surface area contributed by atoms with Gasteiger partial charge in [0.2, 0.25) is 0 Å². The molecule has 0 unspecified atom stereocenters. The van der Waals surface area contributed by atoms with Crippen molar-refractivity contribution < 1.29 is 0 Å². The first-order chi connectivity index (χ1) is 5.15. The van der Waals surface area contributed by atoms with Crippen molar-refractivity contribution in [1.29, 1.82) is 0 Å². The Labute approximate surface area is 70.4 Å². The lowest BCUT2D eigenvalue weighted by molar-refractivity contribution is 0.215. The highest BCUT2D eigenvalue weighted by Crippen LogP contribution is 2.66. The quantitative estimate of drug-likeness (QED) is 0.539. The van der Waals surface area contributed by atoms with Gasteiger partial charge >= 0.3 is 0 Å². The van der Waals surface area contributed by atoms with E-state index in [1.54, 1.807) is 6.42 Å². The summed E-state index contributed by atoms with van der Waals surface area (Å²) in [5.74, 6) is 3.08. The summed E-state index contributed by atoms with van der Waals surface area (Å²) in [5.41, 5.74) is 0.826. The Morgan fingerprint density at radius 3 is 2.64 bits per heavy atom. The van der Waals surface area contributed by atoms with Crippen molar-refractivity contribution >= 4 is 0 Å². The van der Waals surface area contributed by atoms with Crippen LogP contribution in [0, 0.1) is 23.2 Å². The molecule has 0 spiro atoms. The smallest absolute Gasteiger partial charge is 0.0243 e. The van der Waals surface area contributed by atoms with Gasteiger partial charge in [0.05, 0.1) is 0 Å². The van der Waals surface area contributed by atoms with Crippen molar-refractivity contribution in [1.82, 2.24) is 0 Å². The molecule has 0 amide bonds. The van der Waals surface area contributed by atoms with E-state index < -0.39 is 0 Å². The molecule has 0 heterocycles. The summed E-state index contributed by atoms with van der Waals surface area (Å²) >= 11 is 0. The molecule has 3 atom stereocenters. The summed E-state index contributed by atoms with van der Waals surface area (Å²) in [5, 5.41) is 0. The second-order valence-electron chi connectivity index (χ2n) is 5.17. The van der Waals surface area contributed by atoms with Gasteiger partial charge < -0.3 is 0 Å². The van der Waals surface area contributed by atoms with Crippen LogP contribution in [0.4, 0.5) is 0 Å². The molecule has 0 N–H and O–H groups in total. The van der Waals surface area contributed by atoms with Gasteiger partial charge in [-0.1, -0.05) is 27.2 Å². The van der Waals surface area contributed by atoms with E-state index in [-0.39, 0.29) is 0 Å². The highest BCUT2D eigenvalue weighted by atomic mass is 14.6. The van der Waals surface area contributed by atoms with Crippen LogP contribution in [0.2, 0.25) is 0 Å². The van der Waals surface area contributed by atoms with Gasteiger partial charge in [0.15, 0.2) is 0 Å². The van der Waals surface area contributed by atoms with Crippen LogP contribution >= 0.6 is 0 Å². The van der Waals surface area contributed by atoms with E-state index in [0.29, 0.717) is 0 Å². The molecular weight excluding hydrogens is 132 g/mol. The van der Waals surface area contributed by atoms with Gasteiger partial charge in [-0.2, -0.15) is 0 Å². The normalized spacial score (nSPS) is 49.1. The van der Waals surface area contributed by atoms with E-state index in [2.05, 4.69) is 20.8 Å². The second kappa shape index (κ2) is 2.24. The maximum Gasteiger partial charge on any atom is -0.0243 e. The van der Waals surface area contributed by atoms with Crippen LogP contribution in [0.3, 0.4) is 0 Å². The zero-order chi connectivity index (χ0) is 8.06. The molecular formula is C11H20. The Morgan fingerprint density at radius 2 is 2.09 bits per heavy atom. The topological polar surface area (TPSA) is 0 Å². The average Bonchev–Trinajstić information content (AvgIpc) is 2.62. The molecule has 2 rings (SSSR count). The third kappa shape index (κ3) is 1.02. The predicted molar refractivity (Wildman–Crippen MR) is 48.4 cm³/mol. The van der Waals surface area contributed by atoms with Crippen LogP contribution < -0.4 is 0 Å². The van der Waals surface area contributed by atoms with E-state index in [9.17, 15) is 0 Å². The second-order valence-corrected chi connectivity index (χ2v) is 5.17. The minimum Gasteiger partial charge on any atom is -0.0625 e. The summed E-state index contributed by atoms with van der Waals surface area (Å²) in [6.07, 6.45) is 6.10.